The summed E-state index contributed by atoms with van der Waals surface area (Å²) in [4.78, 5) is 15.0. The normalized spacial score (nSPS) is 23.0. The minimum atomic E-state index is 0.0486. The molecule has 1 atom stereocenters. The van der Waals surface area contributed by atoms with Crippen molar-refractivity contribution in [3.05, 3.63) is 0 Å². The second kappa shape index (κ2) is 4.46. The maximum Gasteiger partial charge on any atom is 0.320 e. The molecule has 0 saturated carbocycles. The molecule has 0 radical (unpaired) electrons. The van der Waals surface area contributed by atoms with Crippen LogP contribution in [0.5, 0.6) is 0 Å². The number of nitrogens with zero attached hydrogens (tertiary/aromatic N) is 2. The Hall–Kier alpha value is -0.770. The van der Waals surface area contributed by atoms with Crippen LogP contribution in [-0.4, -0.2) is 53.7 Å². The Kier molecular flexibility index (Phi) is 3.54. The van der Waals surface area contributed by atoms with Crippen LogP contribution in [0.3, 0.4) is 0 Å². The molecule has 1 heterocycles. The number of β-amino-alcohol motifs (C(OH)–C–C–N with tert-alkyl or cyclic N) is 1. The van der Waals surface area contributed by atoms with E-state index in [9.17, 15) is 4.79 Å². The largest absolute Gasteiger partial charge is 0.395 e. The molecule has 0 aromatic heterocycles. The summed E-state index contributed by atoms with van der Waals surface area (Å²) in [5.74, 6) is 0. The lowest BCUT2D eigenvalue weighted by Crippen LogP contribution is -2.36. The summed E-state index contributed by atoms with van der Waals surface area (Å²) < 4.78 is 0. The number of urea groups is 1. The van der Waals surface area contributed by atoms with E-state index < -0.39 is 0 Å². The Balaban J connectivity index is 2.57. The maximum absolute atomic E-state index is 11.5. The number of amides is 2. The highest BCUT2D eigenvalue weighted by atomic mass is 16.3. The fraction of sp³-hybridized carbons (Fsp3) is 0.889. The molecule has 2 amide bonds. The Morgan fingerprint density at radius 2 is 2.31 bits per heavy atom. The maximum atomic E-state index is 11.5. The van der Waals surface area contributed by atoms with Crippen molar-refractivity contribution in [3.63, 3.8) is 0 Å². The summed E-state index contributed by atoms with van der Waals surface area (Å²) in [7, 11) is 1.81. The number of hydrogen-bond donors (Lipinski definition) is 1. The van der Waals surface area contributed by atoms with Gasteiger partial charge in [-0.1, -0.05) is 13.3 Å². The van der Waals surface area contributed by atoms with Gasteiger partial charge in [0.05, 0.1) is 12.6 Å². The van der Waals surface area contributed by atoms with Gasteiger partial charge in [-0.05, 0) is 6.42 Å². The molecule has 1 saturated heterocycles. The first-order valence-corrected chi connectivity index (χ1v) is 4.83. The molecule has 13 heavy (non-hydrogen) atoms. The number of aliphatic hydroxyl groups is 1. The van der Waals surface area contributed by atoms with Gasteiger partial charge in [0.2, 0.25) is 0 Å². The Morgan fingerprint density at radius 3 is 2.85 bits per heavy atom. The van der Waals surface area contributed by atoms with Crippen LogP contribution in [0.25, 0.3) is 0 Å². The van der Waals surface area contributed by atoms with Gasteiger partial charge in [-0.2, -0.15) is 0 Å². The van der Waals surface area contributed by atoms with Crippen molar-refractivity contribution in [3.8, 4) is 0 Å². The van der Waals surface area contributed by atoms with Gasteiger partial charge in [0, 0.05) is 20.1 Å². The van der Waals surface area contributed by atoms with Crippen LogP contribution in [0.4, 0.5) is 4.79 Å². The van der Waals surface area contributed by atoms with Crippen LogP contribution in [0, 0.1) is 0 Å². The Labute approximate surface area is 79.1 Å². The number of carbonyl (C=O) groups excluding carboxylic acids is 1. The molecular formula is C9H18N2O2. The minimum absolute atomic E-state index is 0.0486. The first kappa shape index (κ1) is 10.3. The third-order valence-corrected chi connectivity index (χ3v) is 2.46. The average Bonchev–Trinajstić information content (AvgIpc) is 2.34. The van der Waals surface area contributed by atoms with Gasteiger partial charge < -0.3 is 14.9 Å². The van der Waals surface area contributed by atoms with Crippen molar-refractivity contribution >= 4 is 6.03 Å². The predicted molar refractivity (Wildman–Crippen MR) is 50.5 cm³/mol. The molecule has 1 fully saturated rings. The highest BCUT2D eigenvalue weighted by Crippen LogP contribution is 2.17. The summed E-state index contributed by atoms with van der Waals surface area (Å²) >= 11 is 0. The van der Waals surface area contributed by atoms with Crippen LogP contribution >= 0.6 is 0 Å². The Morgan fingerprint density at radius 1 is 1.62 bits per heavy atom. The smallest absolute Gasteiger partial charge is 0.320 e. The molecule has 0 spiro atoms. The van der Waals surface area contributed by atoms with E-state index in [-0.39, 0.29) is 12.6 Å². The third kappa shape index (κ3) is 2.12. The molecule has 1 aliphatic heterocycles. The molecule has 0 aromatic carbocycles. The fourth-order valence-corrected chi connectivity index (χ4v) is 1.83. The first-order chi connectivity index (χ1) is 6.20. The highest BCUT2D eigenvalue weighted by Gasteiger charge is 2.33. The van der Waals surface area contributed by atoms with E-state index in [0.717, 1.165) is 19.4 Å². The quantitative estimate of drug-likeness (QED) is 0.695. The molecule has 0 aromatic rings. The lowest BCUT2D eigenvalue weighted by atomic mass is 10.1. The van der Waals surface area contributed by atoms with E-state index in [1.807, 2.05) is 7.05 Å². The number of hydrogen-bond acceptors (Lipinski definition) is 2. The SMILES string of the molecule is CCCC1CN(C)C(=O)N1CCO. The molecule has 1 rings (SSSR count). The number of aliphatic hydroxyl groups excluding tert-OH is 1. The van der Waals surface area contributed by atoms with Crippen molar-refractivity contribution < 1.29 is 9.90 Å². The summed E-state index contributed by atoms with van der Waals surface area (Å²) in [5, 5.41) is 8.80. The van der Waals surface area contributed by atoms with Gasteiger partial charge in [-0.25, -0.2) is 4.79 Å². The fourth-order valence-electron chi connectivity index (χ4n) is 1.83. The summed E-state index contributed by atoms with van der Waals surface area (Å²) in [6.45, 7) is 3.43. The zero-order valence-corrected chi connectivity index (χ0v) is 8.36. The van der Waals surface area contributed by atoms with Crippen molar-refractivity contribution in [2.75, 3.05) is 26.7 Å². The van der Waals surface area contributed by atoms with Gasteiger partial charge in [0.25, 0.3) is 0 Å². The molecule has 0 bridgehead atoms. The number of carbonyl (C=O) groups is 1. The third-order valence-electron chi connectivity index (χ3n) is 2.46. The molecule has 76 valence electrons. The molecule has 0 aliphatic carbocycles. The van der Waals surface area contributed by atoms with Gasteiger partial charge in [-0.3, -0.25) is 0 Å². The van der Waals surface area contributed by atoms with Gasteiger partial charge >= 0.3 is 6.03 Å². The monoisotopic (exact) mass is 186 g/mol. The molecular weight excluding hydrogens is 168 g/mol. The van der Waals surface area contributed by atoms with E-state index in [0.29, 0.717) is 12.6 Å². The highest BCUT2D eigenvalue weighted by molar-refractivity contribution is 5.76. The molecule has 1 aliphatic rings. The second-order valence-electron chi connectivity index (χ2n) is 3.52. The predicted octanol–water partition coefficient (Wildman–Crippen LogP) is 0.515. The lowest BCUT2D eigenvalue weighted by molar-refractivity contribution is 0.169. The van der Waals surface area contributed by atoms with E-state index in [4.69, 9.17) is 5.11 Å². The minimum Gasteiger partial charge on any atom is -0.395 e. The van der Waals surface area contributed by atoms with Crippen LogP contribution in [-0.2, 0) is 0 Å². The van der Waals surface area contributed by atoms with Crippen molar-refractivity contribution in [1.29, 1.82) is 0 Å². The van der Waals surface area contributed by atoms with E-state index >= 15 is 0 Å². The molecule has 4 heteroatoms. The lowest BCUT2D eigenvalue weighted by Gasteiger charge is -2.21. The number of likely N-dealkylation sites (N-methyl/N-ethyl adjacent to an activating group) is 1. The molecule has 1 unspecified atom stereocenters. The van der Waals surface area contributed by atoms with Gasteiger partial charge in [-0.15, -0.1) is 0 Å². The van der Waals surface area contributed by atoms with E-state index in [2.05, 4.69) is 6.92 Å². The molecule has 4 nitrogen and oxygen atoms in total. The standard InChI is InChI=1S/C9H18N2O2/c1-3-4-8-7-10(2)9(13)11(8)5-6-12/h8,12H,3-7H2,1-2H3. The van der Waals surface area contributed by atoms with Crippen LogP contribution < -0.4 is 0 Å². The average molecular weight is 186 g/mol. The topological polar surface area (TPSA) is 43.8 Å². The van der Waals surface area contributed by atoms with Crippen molar-refractivity contribution in [2.45, 2.75) is 25.8 Å². The van der Waals surface area contributed by atoms with Crippen molar-refractivity contribution in [1.82, 2.24) is 9.80 Å². The van der Waals surface area contributed by atoms with Crippen molar-refractivity contribution in [2.24, 2.45) is 0 Å². The zero-order valence-electron chi connectivity index (χ0n) is 8.36. The zero-order chi connectivity index (χ0) is 9.84. The Bertz CT molecular complexity index is 184. The van der Waals surface area contributed by atoms with E-state index in [1.54, 1.807) is 9.80 Å². The molecule has 1 N–H and O–H groups in total. The second-order valence-corrected chi connectivity index (χ2v) is 3.52. The van der Waals surface area contributed by atoms with Crippen LogP contribution in [0.1, 0.15) is 19.8 Å². The van der Waals surface area contributed by atoms with Gasteiger partial charge in [0.1, 0.15) is 0 Å². The number of rotatable bonds is 4. The van der Waals surface area contributed by atoms with Crippen LogP contribution in [0.2, 0.25) is 0 Å². The summed E-state index contributed by atoms with van der Waals surface area (Å²) in [6, 6.07) is 0.349. The van der Waals surface area contributed by atoms with Crippen LogP contribution in [0.15, 0.2) is 0 Å². The summed E-state index contributed by atoms with van der Waals surface area (Å²) in [5.41, 5.74) is 0. The first-order valence-electron chi connectivity index (χ1n) is 4.83. The summed E-state index contributed by atoms with van der Waals surface area (Å²) in [6.07, 6.45) is 2.10. The van der Waals surface area contributed by atoms with E-state index in [1.165, 1.54) is 0 Å². The van der Waals surface area contributed by atoms with Gasteiger partial charge in [0.15, 0.2) is 0 Å².